The summed E-state index contributed by atoms with van der Waals surface area (Å²) >= 11 is 0. The summed E-state index contributed by atoms with van der Waals surface area (Å²) in [5.41, 5.74) is 2.17. The van der Waals surface area contributed by atoms with Gasteiger partial charge in [0.05, 0.1) is 6.42 Å². The van der Waals surface area contributed by atoms with Gasteiger partial charge in [-0.3, -0.25) is 4.79 Å². The van der Waals surface area contributed by atoms with Gasteiger partial charge in [0.2, 0.25) is 5.91 Å². The molecule has 2 heterocycles. The molecule has 106 valence electrons. The maximum absolute atomic E-state index is 12.3. The Kier molecular flexibility index (Phi) is 3.74. The van der Waals surface area contributed by atoms with Gasteiger partial charge in [0, 0.05) is 36.7 Å². The molecule has 3 rings (SSSR count). The highest BCUT2D eigenvalue weighted by Crippen LogP contribution is 2.18. The molecule has 0 aliphatic carbocycles. The second-order valence-electron chi connectivity index (χ2n) is 5.60. The highest BCUT2D eigenvalue weighted by Gasteiger charge is 2.19. The maximum atomic E-state index is 12.3. The molecule has 1 aromatic heterocycles. The molecule has 0 spiro atoms. The van der Waals surface area contributed by atoms with Gasteiger partial charge in [0.1, 0.15) is 0 Å². The van der Waals surface area contributed by atoms with Crippen LogP contribution in [0.3, 0.4) is 0 Å². The highest BCUT2D eigenvalue weighted by molar-refractivity contribution is 5.88. The van der Waals surface area contributed by atoms with E-state index in [0.29, 0.717) is 12.5 Å². The van der Waals surface area contributed by atoms with E-state index in [4.69, 9.17) is 0 Å². The summed E-state index contributed by atoms with van der Waals surface area (Å²) in [6, 6.07) is 8.58. The smallest absolute Gasteiger partial charge is 0.226 e. The van der Waals surface area contributed by atoms with Gasteiger partial charge < -0.3 is 15.2 Å². The van der Waals surface area contributed by atoms with Crippen LogP contribution in [-0.4, -0.2) is 42.0 Å². The summed E-state index contributed by atoms with van der Waals surface area (Å²) in [7, 11) is 1.90. The lowest BCUT2D eigenvalue weighted by molar-refractivity contribution is -0.129. The largest absolute Gasteiger partial charge is 0.361 e. The summed E-state index contributed by atoms with van der Waals surface area (Å²) in [4.78, 5) is 17.4. The van der Waals surface area contributed by atoms with Crippen molar-refractivity contribution in [1.82, 2.24) is 15.2 Å². The third-order valence-electron chi connectivity index (χ3n) is 4.10. The van der Waals surface area contributed by atoms with Gasteiger partial charge in [-0.15, -0.1) is 0 Å². The lowest BCUT2D eigenvalue weighted by Gasteiger charge is -2.21. The summed E-state index contributed by atoms with van der Waals surface area (Å²) in [5, 5.41) is 4.58. The van der Waals surface area contributed by atoms with Crippen LogP contribution in [0, 0.1) is 0 Å². The number of likely N-dealkylation sites (N-methyl/N-ethyl adjacent to an activating group) is 1. The number of nitrogens with one attached hydrogen (secondary N) is 2. The van der Waals surface area contributed by atoms with E-state index in [9.17, 15) is 4.79 Å². The molecule has 1 amide bonds. The van der Waals surface area contributed by atoms with Crippen molar-refractivity contribution in [1.29, 1.82) is 0 Å². The number of amides is 1. The third-order valence-corrected chi connectivity index (χ3v) is 4.10. The summed E-state index contributed by atoms with van der Waals surface area (Å²) in [6.45, 7) is 1.89. The SMILES string of the molecule is CN(CC1CCCN1)C(=O)Cc1c[nH]c2ccccc12. The Hall–Kier alpha value is -1.81. The molecule has 2 N–H and O–H groups in total. The molecule has 4 heteroatoms. The van der Waals surface area contributed by atoms with E-state index >= 15 is 0 Å². The molecule has 20 heavy (non-hydrogen) atoms. The first-order chi connectivity index (χ1) is 9.74. The van der Waals surface area contributed by atoms with E-state index in [1.165, 1.54) is 12.8 Å². The predicted molar refractivity (Wildman–Crippen MR) is 80.7 cm³/mol. The summed E-state index contributed by atoms with van der Waals surface area (Å²) in [5.74, 6) is 0.184. The van der Waals surface area contributed by atoms with Crippen LogP contribution in [0.25, 0.3) is 10.9 Å². The standard InChI is InChI=1S/C16H21N3O/c1-19(11-13-5-4-8-17-13)16(20)9-12-10-18-15-7-3-2-6-14(12)15/h2-3,6-7,10,13,17-18H,4-5,8-9,11H2,1H3. The Morgan fingerprint density at radius 2 is 2.25 bits per heavy atom. The fourth-order valence-electron chi connectivity index (χ4n) is 2.92. The first kappa shape index (κ1) is 13.2. The number of para-hydroxylation sites is 1. The Balaban J connectivity index is 1.65. The van der Waals surface area contributed by atoms with E-state index in [2.05, 4.69) is 16.4 Å². The lowest BCUT2D eigenvalue weighted by Crippen LogP contribution is -2.39. The Morgan fingerprint density at radius 1 is 1.40 bits per heavy atom. The van der Waals surface area contributed by atoms with Crippen LogP contribution in [0.5, 0.6) is 0 Å². The minimum atomic E-state index is 0.184. The van der Waals surface area contributed by atoms with Gasteiger partial charge in [-0.2, -0.15) is 0 Å². The first-order valence-electron chi connectivity index (χ1n) is 7.26. The number of hydrogen-bond donors (Lipinski definition) is 2. The zero-order valence-corrected chi connectivity index (χ0v) is 11.9. The topological polar surface area (TPSA) is 48.1 Å². The molecule has 0 bridgehead atoms. The number of carbonyl (C=O) groups is 1. The van der Waals surface area contributed by atoms with Crippen molar-refractivity contribution in [2.24, 2.45) is 0 Å². The zero-order chi connectivity index (χ0) is 13.9. The molecule has 0 radical (unpaired) electrons. The van der Waals surface area contributed by atoms with Crippen molar-refractivity contribution >= 4 is 16.8 Å². The van der Waals surface area contributed by atoms with E-state index in [-0.39, 0.29) is 5.91 Å². The number of aromatic nitrogens is 1. The van der Waals surface area contributed by atoms with Crippen LogP contribution in [-0.2, 0) is 11.2 Å². The molecule has 1 unspecified atom stereocenters. The van der Waals surface area contributed by atoms with Gasteiger partial charge >= 0.3 is 0 Å². The molecular formula is C16H21N3O. The third kappa shape index (κ3) is 2.70. The molecule has 4 nitrogen and oxygen atoms in total. The second-order valence-corrected chi connectivity index (χ2v) is 5.60. The number of nitrogens with zero attached hydrogens (tertiary/aromatic N) is 1. The van der Waals surface area contributed by atoms with Gasteiger partial charge in [-0.05, 0) is 31.0 Å². The Morgan fingerprint density at radius 3 is 3.05 bits per heavy atom. The van der Waals surface area contributed by atoms with Crippen LogP contribution in [0.15, 0.2) is 30.5 Å². The van der Waals surface area contributed by atoms with Crippen LogP contribution >= 0.6 is 0 Å². The van der Waals surface area contributed by atoms with Gasteiger partial charge in [0.25, 0.3) is 0 Å². The summed E-state index contributed by atoms with van der Waals surface area (Å²) in [6.07, 6.45) is 4.80. The second kappa shape index (κ2) is 5.67. The van der Waals surface area contributed by atoms with Gasteiger partial charge in [0.15, 0.2) is 0 Å². The zero-order valence-electron chi connectivity index (χ0n) is 11.9. The van der Waals surface area contributed by atoms with Crippen LogP contribution in [0.1, 0.15) is 18.4 Å². The molecular weight excluding hydrogens is 250 g/mol. The molecule has 1 aliphatic rings. The molecule has 1 aliphatic heterocycles. The quantitative estimate of drug-likeness (QED) is 0.892. The van der Waals surface area contributed by atoms with Crippen molar-refractivity contribution in [2.75, 3.05) is 20.1 Å². The molecule has 1 atom stereocenters. The number of fused-ring (bicyclic) bond motifs is 1. The molecule has 0 saturated carbocycles. The Labute approximate surface area is 119 Å². The van der Waals surface area contributed by atoms with Crippen LogP contribution < -0.4 is 5.32 Å². The van der Waals surface area contributed by atoms with E-state index in [0.717, 1.165) is 29.6 Å². The van der Waals surface area contributed by atoms with Gasteiger partial charge in [-0.1, -0.05) is 18.2 Å². The van der Waals surface area contributed by atoms with Crippen molar-refractivity contribution in [3.8, 4) is 0 Å². The average Bonchev–Trinajstić information content (AvgIpc) is 3.09. The predicted octanol–water partition coefficient (Wildman–Crippen LogP) is 1.92. The van der Waals surface area contributed by atoms with Crippen LogP contribution in [0.4, 0.5) is 0 Å². The minimum Gasteiger partial charge on any atom is -0.361 e. The first-order valence-corrected chi connectivity index (χ1v) is 7.26. The summed E-state index contributed by atoms with van der Waals surface area (Å²) < 4.78 is 0. The molecule has 1 aromatic carbocycles. The fraction of sp³-hybridized carbons (Fsp3) is 0.438. The van der Waals surface area contributed by atoms with E-state index < -0.39 is 0 Å². The minimum absolute atomic E-state index is 0.184. The average molecular weight is 271 g/mol. The maximum Gasteiger partial charge on any atom is 0.226 e. The van der Waals surface area contributed by atoms with Crippen molar-refractivity contribution in [3.63, 3.8) is 0 Å². The van der Waals surface area contributed by atoms with E-state index in [1.807, 2.05) is 36.3 Å². The van der Waals surface area contributed by atoms with E-state index in [1.54, 1.807) is 0 Å². The number of aromatic amines is 1. The van der Waals surface area contributed by atoms with Crippen molar-refractivity contribution in [3.05, 3.63) is 36.0 Å². The Bertz CT molecular complexity index is 599. The normalized spacial score (nSPS) is 18.6. The molecule has 1 fully saturated rings. The fourth-order valence-corrected chi connectivity index (χ4v) is 2.92. The lowest BCUT2D eigenvalue weighted by atomic mass is 10.1. The monoisotopic (exact) mass is 271 g/mol. The number of rotatable bonds is 4. The van der Waals surface area contributed by atoms with Gasteiger partial charge in [-0.25, -0.2) is 0 Å². The van der Waals surface area contributed by atoms with Crippen LogP contribution in [0.2, 0.25) is 0 Å². The number of carbonyl (C=O) groups excluding carboxylic acids is 1. The molecule has 1 saturated heterocycles. The van der Waals surface area contributed by atoms with Crippen molar-refractivity contribution < 1.29 is 4.79 Å². The number of hydrogen-bond acceptors (Lipinski definition) is 2. The number of benzene rings is 1. The number of H-pyrrole nitrogens is 1. The highest BCUT2D eigenvalue weighted by atomic mass is 16.2. The van der Waals surface area contributed by atoms with Crippen molar-refractivity contribution in [2.45, 2.75) is 25.3 Å². The molecule has 2 aromatic rings.